The van der Waals surface area contributed by atoms with Gasteiger partial charge in [0.05, 0.1) is 6.54 Å². The van der Waals surface area contributed by atoms with Gasteiger partial charge in [0.1, 0.15) is 0 Å². The first-order chi connectivity index (χ1) is 10.7. The zero-order valence-electron chi connectivity index (χ0n) is 13.5. The largest absolute Gasteiger partial charge is 0.342 e. The van der Waals surface area contributed by atoms with Crippen molar-refractivity contribution in [2.24, 2.45) is 5.92 Å². The molecule has 3 rings (SSSR count). The summed E-state index contributed by atoms with van der Waals surface area (Å²) in [5, 5.41) is 3.82. The van der Waals surface area contributed by atoms with Crippen LogP contribution in [0.3, 0.4) is 0 Å². The molecule has 2 saturated heterocycles. The molecular weight excluding hydrogens is 280 g/mol. The van der Waals surface area contributed by atoms with Crippen molar-refractivity contribution in [3.8, 4) is 0 Å². The lowest BCUT2D eigenvalue weighted by Gasteiger charge is -2.33. The Balaban J connectivity index is 1.47. The van der Waals surface area contributed by atoms with Crippen LogP contribution < -0.4 is 0 Å². The van der Waals surface area contributed by atoms with Gasteiger partial charge in [-0.3, -0.25) is 9.69 Å². The number of nitrogens with zero attached hydrogens (tertiary/aromatic N) is 4. The van der Waals surface area contributed by atoms with E-state index < -0.39 is 0 Å². The van der Waals surface area contributed by atoms with Gasteiger partial charge in [-0.1, -0.05) is 18.0 Å². The lowest BCUT2D eigenvalue weighted by atomic mass is 9.95. The van der Waals surface area contributed by atoms with E-state index in [1.165, 1.54) is 25.7 Å². The number of hydrogen-bond donors (Lipinski definition) is 0. The lowest BCUT2D eigenvalue weighted by molar-refractivity contribution is -0.137. The van der Waals surface area contributed by atoms with E-state index in [1.807, 2.05) is 6.92 Å². The van der Waals surface area contributed by atoms with Crippen LogP contribution in [0.5, 0.6) is 0 Å². The van der Waals surface area contributed by atoms with Gasteiger partial charge in [-0.15, -0.1) is 0 Å². The van der Waals surface area contributed by atoms with Crippen molar-refractivity contribution in [1.29, 1.82) is 0 Å². The fourth-order valence-electron chi connectivity index (χ4n) is 3.48. The maximum absolute atomic E-state index is 12.6. The monoisotopic (exact) mass is 306 g/mol. The highest BCUT2D eigenvalue weighted by Crippen LogP contribution is 2.22. The molecule has 0 bridgehead atoms. The molecule has 122 valence electrons. The predicted octanol–water partition coefficient (Wildman–Crippen LogP) is 1.99. The molecule has 0 aliphatic carbocycles. The molecule has 0 saturated carbocycles. The zero-order chi connectivity index (χ0) is 15.4. The Morgan fingerprint density at radius 3 is 2.41 bits per heavy atom. The van der Waals surface area contributed by atoms with Crippen LogP contribution in [0.2, 0.25) is 0 Å². The summed E-state index contributed by atoms with van der Waals surface area (Å²) in [6, 6.07) is 0. The third-order valence-electron chi connectivity index (χ3n) is 4.78. The van der Waals surface area contributed by atoms with Gasteiger partial charge < -0.3 is 9.42 Å². The molecule has 0 aromatic carbocycles. The Kier molecular flexibility index (Phi) is 5.08. The molecule has 0 spiro atoms. The van der Waals surface area contributed by atoms with Gasteiger partial charge in [0.25, 0.3) is 0 Å². The smallest absolute Gasteiger partial charge is 0.240 e. The molecule has 1 aromatic heterocycles. The normalized spacial score (nSPS) is 21.8. The van der Waals surface area contributed by atoms with Crippen LogP contribution in [0.25, 0.3) is 0 Å². The lowest BCUT2D eigenvalue weighted by Crippen LogP contribution is -2.42. The molecule has 0 unspecified atom stereocenters. The number of hydrogen-bond acceptors (Lipinski definition) is 5. The molecule has 0 N–H and O–H groups in total. The second-order valence-electron chi connectivity index (χ2n) is 6.53. The second kappa shape index (κ2) is 7.22. The number of aromatic nitrogens is 2. The van der Waals surface area contributed by atoms with Gasteiger partial charge >= 0.3 is 0 Å². The van der Waals surface area contributed by atoms with Gasteiger partial charge in [0.2, 0.25) is 11.8 Å². The van der Waals surface area contributed by atoms with E-state index >= 15 is 0 Å². The Morgan fingerprint density at radius 2 is 1.82 bits per heavy atom. The van der Waals surface area contributed by atoms with Crippen molar-refractivity contribution in [3.63, 3.8) is 0 Å². The molecule has 0 radical (unpaired) electrons. The van der Waals surface area contributed by atoms with Crippen molar-refractivity contribution < 1.29 is 9.32 Å². The van der Waals surface area contributed by atoms with Crippen molar-refractivity contribution in [2.45, 2.75) is 52.0 Å². The molecule has 3 heterocycles. The molecule has 22 heavy (non-hydrogen) atoms. The molecule has 2 aliphatic heterocycles. The Hall–Kier alpha value is -1.43. The summed E-state index contributed by atoms with van der Waals surface area (Å²) in [5.74, 6) is 1.95. The van der Waals surface area contributed by atoms with Crippen LogP contribution in [0.1, 0.15) is 50.2 Å². The molecule has 1 amide bonds. The third-order valence-corrected chi connectivity index (χ3v) is 4.78. The summed E-state index contributed by atoms with van der Waals surface area (Å²) in [7, 11) is 0. The van der Waals surface area contributed by atoms with Crippen LogP contribution in [0, 0.1) is 12.8 Å². The van der Waals surface area contributed by atoms with Crippen LogP contribution in [-0.4, -0.2) is 52.0 Å². The number of amides is 1. The fourth-order valence-corrected chi connectivity index (χ4v) is 3.48. The highest BCUT2D eigenvalue weighted by molar-refractivity contribution is 5.79. The van der Waals surface area contributed by atoms with Gasteiger partial charge in [-0.2, -0.15) is 4.98 Å². The molecule has 0 atom stereocenters. The molecular formula is C16H26N4O2. The van der Waals surface area contributed by atoms with E-state index in [2.05, 4.69) is 19.9 Å². The van der Waals surface area contributed by atoms with Crippen LogP contribution in [-0.2, 0) is 11.3 Å². The van der Waals surface area contributed by atoms with E-state index in [0.717, 1.165) is 39.0 Å². The van der Waals surface area contributed by atoms with Gasteiger partial charge in [-0.05, 0) is 45.7 Å². The van der Waals surface area contributed by atoms with Gasteiger partial charge in [0.15, 0.2) is 5.82 Å². The summed E-state index contributed by atoms with van der Waals surface area (Å²) in [6.45, 7) is 6.32. The first kappa shape index (κ1) is 15.5. The quantitative estimate of drug-likeness (QED) is 0.854. The van der Waals surface area contributed by atoms with Gasteiger partial charge in [0, 0.05) is 19.0 Å². The van der Waals surface area contributed by atoms with Crippen LogP contribution in [0.15, 0.2) is 4.52 Å². The first-order valence-corrected chi connectivity index (χ1v) is 8.53. The zero-order valence-corrected chi connectivity index (χ0v) is 13.5. The third kappa shape index (κ3) is 3.85. The molecule has 2 fully saturated rings. The van der Waals surface area contributed by atoms with Crippen molar-refractivity contribution >= 4 is 5.91 Å². The SMILES string of the molecule is Cc1noc(CN2CCC(C(=O)N3CCCCCC3)CC2)n1. The molecule has 2 aliphatic rings. The number of carbonyl (C=O) groups is 1. The molecule has 1 aromatic rings. The number of carbonyl (C=O) groups excluding carboxylic acids is 1. The minimum atomic E-state index is 0.207. The second-order valence-corrected chi connectivity index (χ2v) is 6.53. The molecule has 6 heteroatoms. The molecule has 6 nitrogen and oxygen atoms in total. The van der Waals surface area contributed by atoms with Crippen LogP contribution >= 0.6 is 0 Å². The maximum Gasteiger partial charge on any atom is 0.240 e. The predicted molar refractivity (Wildman–Crippen MR) is 82.1 cm³/mol. The number of likely N-dealkylation sites (tertiary alicyclic amines) is 2. The van der Waals surface area contributed by atoms with E-state index in [4.69, 9.17) is 4.52 Å². The first-order valence-electron chi connectivity index (χ1n) is 8.53. The summed E-state index contributed by atoms with van der Waals surface area (Å²) in [5.41, 5.74) is 0. The summed E-state index contributed by atoms with van der Waals surface area (Å²) >= 11 is 0. The Morgan fingerprint density at radius 1 is 1.14 bits per heavy atom. The van der Waals surface area contributed by atoms with Crippen LogP contribution in [0.4, 0.5) is 0 Å². The topological polar surface area (TPSA) is 62.5 Å². The number of rotatable bonds is 3. The number of piperidine rings is 1. The number of aryl methyl sites for hydroxylation is 1. The average Bonchev–Trinajstić information content (AvgIpc) is 2.78. The van der Waals surface area contributed by atoms with Gasteiger partial charge in [-0.25, -0.2) is 0 Å². The van der Waals surface area contributed by atoms with E-state index in [0.29, 0.717) is 24.2 Å². The minimum Gasteiger partial charge on any atom is -0.342 e. The Labute approximate surface area is 131 Å². The van der Waals surface area contributed by atoms with Crippen molar-refractivity contribution in [3.05, 3.63) is 11.7 Å². The maximum atomic E-state index is 12.6. The summed E-state index contributed by atoms with van der Waals surface area (Å²) in [6.07, 6.45) is 6.77. The van der Waals surface area contributed by atoms with E-state index in [-0.39, 0.29) is 5.92 Å². The summed E-state index contributed by atoms with van der Waals surface area (Å²) < 4.78 is 5.17. The Bertz CT molecular complexity index is 486. The highest BCUT2D eigenvalue weighted by Gasteiger charge is 2.29. The summed E-state index contributed by atoms with van der Waals surface area (Å²) in [4.78, 5) is 21.3. The van der Waals surface area contributed by atoms with Crippen molar-refractivity contribution in [1.82, 2.24) is 19.9 Å². The minimum absolute atomic E-state index is 0.207. The van der Waals surface area contributed by atoms with E-state index in [9.17, 15) is 4.79 Å². The fraction of sp³-hybridized carbons (Fsp3) is 0.812. The average molecular weight is 306 g/mol. The van der Waals surface area contributed by atoms with Crippen molar-refractivity contribution in [2.75, 3.05) is 26.2 Å². The standard InChI is InChI=1S/C16H26N4O2/c1-13-17-15(22-18-13)12-19-10-6-14(7-11-19)16(21)20-8-4-2-3-5-9-20/h14H,2-12H2,1H3. The van der Waals surface area contributed by atoms with E-state index in [1.54, 1.807) is 0 Å². The highest BCUT2D eigenvalue weighted by atomic mass is 16.5.